The van der Waals surface area contributed by atoms with E-state index >= 15 is 0 Å². The van der Waals surface area contributed by atoms with Crippen LogP contribution in [-0.2, 0) is 4.79 Å². The van der Waals surface area contributed by atoms with Crippen LogP contribution in [0.25, 0.3) is 0 Å². The Labute approximate surface area is 181 Å². The van der Waals surface area contributed by atoms with E-state index in [9.17, 15) is 35.9 Å². The summed E-state index contributed by atoms with van der Waals surface area (Å²) in [6.07, 6.45) is -3.40. The topological polar surface area (TPSA) is 70.7 Å². The van der Waals surface area contributed by atoms with E-state index in [1.165, 1.54) is 0 Å². The minimum absolute atomic E-state index is 0.0372. The largest absolute Gasteiger partial charge is 0.435 e. The van der Waals surface area contributed by atoms with E-state index in [1.807, 2.05) is 5.32 Å². The van der Waals surface area contributed by atoms with Crippen molar-refractivity contribution in [3.8, 4) is 5.75 Å². The summed E-state index contributed by atoms with van der Waals surface area (Å²) in [5.41, 5.74) is -2.49. The molecular weight excluding hydrogens is 444 g/mol. The molecule has 2 rings (SSSR count). The molecule has 0 unspecified atom stereocenters. The highest BCUT2D eigenvalue weighted by Crippen LogP contribution is 2.29. The van der Waals surface area contributed by atoms with Crippen LogP contribution in [0.4, 0.5) is 26.3 Å². The number of ether oxygens (including phenoxy) is 1. The number of hydrogen-bond acceptors (Lipinski definition) is 4. The van der Waals surface area contributed by atoms with Gasteiger partial charge in [-0.05, 0) is 57.8 Å². The maximum Gasteiger partial charge on any atom is 0.410 e. The number of alkyl halides is 5. The molecule has 32 heavy (non-hydrogen) atoms. The molecular formula is C20H25F6N3O3. The SMILES string of the molecule is CC(C)(NC(=O)CN1CCC(CNC(=O)c2cc(F)cc(OC(F)F)c2)CC1)C(F)(F)F. The summed E-state index contributed by atoms with van der Waals surface area (Å²) in [6, 6.07) is 2.65. The highest BCUT2D eigenvalue weighted by molar-refractivity contribution is 5.94. The summed E-state index contributed by atoms with van der Waals surface area (Å²) < 4.78 is 80.9. The molecule has 0 aliphatic carbocycles. The number of carbonyl (C=O) groups excluding carboxylic acids is 2. The zero-order chi connectivity index (χ0) is 24.1. The molecule has 1 aliphatic heterocycles. The quantitative estimate of drug-likeness (QED) is 0.574. The molecule has 0 bridgehead atoms. The van der Waals surface area contributed by atoms with E-state index in [2.05, 4.69) is 10.1 Å². The van der Waals surface area contributed by atoms with Gasteiger partial charge in [0.1, 0.15) is 17.1 Å². The van der Waals surface area contributed by atoms with Gasteiger partial charge in [-0.15, -0.1) is 0 Å². The molecule has 1 heterocycles. The van der Waals surface area contributed by atoms with Crippen LogP contribution in [0, 0.1) is 11.7 Å². The highest BCUT2D eigenvalue weighted by atomic mass is 19.4. The second-order valence-electron chi connectivity index (χ2n) is 8.15. The van der Waals surface area contributed by atoms with Gasteiger partial charge in [0, 0.05) is 18.2 Å². The Morgan fingerprint density at radius 3 is 2.34 bits per heavy atom. The van der Waals surface area contributed by atoms with Gasteiger partial charge in [-0.1, -0.05) is 0 Å². The minimum atomic E-state index is -4.57. The van der Waals surface area contributed by atoms with Crippen molar-refractivity contribution in [3.63, 3.8) is 0 Å². The number of nitrogens with zero attached hydrogens (tertiary/aromatic N) is 1. The van der Waals surface area contributed by atoms with Gasteiger partial charge in [0.05, 0.1) is 6.54 Å². The number of carbonyl (C=O) groups is 2. The number of nitrogens with one attached hydrogen (secondary N) is 2. The molecule has 1 fully saturated rings. The molecule has 6 nitrogen and oxygen atoms in total. The molecule has 0 radical (unpaired) electrons. The summed E-state index contributed by atoms with van der Waals surface area (Å²) in [5.74, 6) is -2.71. The Balaban J connectivity index is 1.78. The van der Waals surface area contributed by atoms with E-state index in [-0.39, 0.29) is 24.6 Å². The van der Waals surface area contributed by atoms with Crippen molar-refractivity contribution in [1.82, 2.24) is 15.5 Å². The van der Waals surface area contributed by atoms with Crippen LogP contribution >= 0.6 is 0 Å². The minimum Gasteiger partial charge on any atom is -0.435 e. The van der Waals surface area contributed by atoms with E-state index in [4.69, 9.17) is 0 Å². The first-order valence-corrected chi connectivity index (χ1v) is 9.90. The van der Waals surface area contributed by atoms with Crippen LogP contribution in [0.1, 0.15) is 37.0 Å². The monoisotopic (exact) mass is 469 g/mol. The number of benzene rings is 1. The number of hydrogen-bond donors (Lipinski definition) is 2. The fourth-order valence-electron chi connectivity index (χ4n) is 3.21. The summed E-state index contributed by atoms with van der Waals surface area (Å²) in [5, 5.41) is 4.59. The Bertz CT molecular complexity index is 808. The summed E-state index contributed by atoms with van der Waals surface area (Å²) >= 11 is 0. The molecule has 180 valence electrons. The lowest BCUT2D eigenvalue weighted by molar-refractivity contribution is -0.188. The molecule has 0 spiro atoms. The van der Waals surface area contributed by atoms with E-state index < -0.39 is 41.7 Å². The van der Waals surface area contributed by atoms with Crippen LogP contribution in [0.3, 0.4) is 0 Å². The molecule has 1 aromatic carbocycles. The molecule has 1 aromatic rings. The Morgan fingerprint density at radius 1 is 1.16 bits per heavy atom. The molecule has 1 aliphatic rings. The molecule has 0 atom stereocenters. The lowest BCUT2D eigenvalue weighted by Gasteiger charge is -2.33. The van der Waals surface area contributed by atoms with Crippen molar-refractivity contribution in [2.75, 3.05) is 26.2 Å². The standard InChI is InChI=1S/C20H25F6N3O3/c1-19(2,20(24,25)26)28-16(30)11-29-5-3-12(4-6-29)10-27-17(31)13-7-14(21)9-15(8-13)32-18(22)23/h7-9,12,18H,3-6,10-11H2,1-2H3,(H,27,31)(H,28,30). The van der Waals surface area contributed by atoms with E-state index in [0.717, 1.165) is 32.0 Å². The van der Waals surface area contributed by atoms with Crippen molar-refractivity contribution in [3.05, 3.63) is 29.6 Å². The maximum absolute atomic E-state index is 13.5. The second kappa shape index (κ2) is 10.4. The van der Waals surface area contributed by atoms with E-state index in [1.54, 1.807) is 4.90 Å². The van der Waals surface area contributed by atoms with Crippen molar-refractivity contribution in [2.24, 2.45) is 5.92 Å². The summed E-state index contributed by atoms with van der Waals surface area (Å²) in [4.78, 5) is 25.9. The average molecular weight is 469 g/mol. The summed E-state index contributed by atoms with van der Waals surface area (Å²) in [7, 11) is 0. The molecule has 12 heteroatoms. The van der Waals surface area contributed by atoms with Crippen molar-refractivity contribution in [2.45, 2.75) is 45.0 Å². The smallest absolute Gasteiger partial charge is 0.410 e. The predicted molar refractivity (Wildman–Crippen MR) is 103 cm³/mol. The fraction of sp³-hybridized carbons (Fsp3) is 0.600. The first kappa shape index (κ1) is 25.8. The van der Waals surface area contributed by atoms with Gasteiger partial charge < -0.3 is 15.4 Å². The first-order chi connectivity index (χ1) is 14.8. The number of rotatable bonds is 8. The number of likely N-dealkylation sites (tertiary alicyclic amines) is 1. The van der Waals surface area contributed by atoms with Crippen molar-refractivity contribution in [1.29, 1.82) is 0 Å². The third kappa shape index (κ3) is 7.57. The van der Waals surface area contributed by atoms with Gasteiger partial charge in [-0.3, -0.25) is 14.5 Å². The average Bonchev–Trinajstić information content (AvgIpc) is 2.64. The van der Waals surface area contributed by atoms with Crippen LogP contribution in [-0.4, -0.2) is 61.2 Å². The van der Waals surface area contributed by atoms with Crippen molar-refractivity contribution >= 4 is 11.8 Å². The predicted octanol–water partition coefficient (Wildman–Crippen LogP) is 3.33. The first-order valence-electron chi connectivity index (χ1n) is 9.90. The van der Waals surface area contributed by atoms with Crippen LogP contribution in [0.2, 0.25) is 0 Å². The second-order valence-corrected chi connectivity index (χ2v) is 8.15. The zero-order valence-corrected chi connectivity index (χ0v) is 17.6. The lowest BCUT2D eigenvalue weighted by atomic mass is 9.96. The molecule has 1 saturated heterocycles. The van der Waals surface area contributed by atoms with Gasteiger partial charge in [0.25, 0.3) is 5.91 Å². The molecule has 0 aromatic heterocycles. The zero-order valence-electron chi connectivity index (χ0n) is 17.6. The number of amides is 2. The highest BCUT2D eigenvalue weighted by Gasteiger charge is 2.48. The molecule has 2 N–H and O–H groups in total. The normalized spacial score (nSPS) is 16.2. The lowest BCUT2D eigenvalue weighted by Crippen LogP contribution is -2.56. The summed E-state index contributed by atoms with van der Waals surface area (Å²) in [6.45, 7) is -0.405. The van der Waals surface area contributed by atoms with Crippen LogP contribution in [0.5, 0.6) is 5.75 Å². The van der Waals surface area contributed by atoms with Crippen molar-refractivity contribution < 1.29 is 40.7 Å². The Morgan fingerprint density at radius 2 is 1.78 bits per heavy atom. The van der Waals surface area contributed by atoms with Crippen LogP contribution < -0.4 is 15.4 Å². The third-order valence-electron chi connectivity index (χ3n) is 5.14. The molecule has 2 amide bonds. The van der Waals surface area contributed by atoms with Gasteiger partial charge in [0.15, 0.2) is 0 Å². The van der Waals surface area contributed by atoms with Gasteiger partial charge >= 0.3 is 12.8 Å². The molecule has 0 saturated carbocycles. The number of piperidine rings is 1. The van der Waals surface area contributed by atoms with E-state index in [0.29, 0.717) is 25.9 Å². The van der Waals surface area contributed by atoms with Gasteiger partial charge in [0.2, 0.25) is 5.91 Å². The maximum atomic E-state index is 13.5. The van der Waals surface area contributed by atoms with Gasteiger partial charge in [-0.2, -0.15) is 22.0 Å². The fourth-order valence-corrected chi connectivity index (χ4v) is 3.21. The number of halogens is 6. The Kier molecular flexibility index (Phi) is 8.38. The Hall–Kier alpha value is -2.50. The third-order valence-corrected chi connectivity index (χ3v) is 5.14. The van der Waals surface area contributed by atoms with Gasteiger partial charge in [-0.25, -0.2) is 4.39 Å². The van der Waals surface area contributed by atoms with Crippen LogP contribution in [0.15, 0.2) is 18.2 Å².